The minimum Gasteiger partial charge on any atom is -0.338 e. The summed E-state index contributed by atoms with van der Waals surface area (Å²) in [5.74, 6) is 1.28. The number of thiophene rings is 1. The molecule has 0 unspecified atom stereocenters. The molecule has 5 nitrogen and oxygen atoms in total. The van der Waals surface area contributed by atoms with E-state index in [9.17, 15) is 13.2 Å². The van der Waals surface area contributed by atoms with Crippen LogP contribution in [-0.4, -0.2) is 38.9 Å². The highest BCUT2D eigenvalue weighted by Crippen LogP contribution is 2.47. The summed E-state index contributed by atoms with van der Waals surface area (Å²) >= 11 is 1.62. The van der Waals surface area contributed by atoms with E-state index in [-0.39, 0.29) is 10.8 Å². The summed E-state index contributed by atoms with van der Waals surface area (Å²) in [7, 11) is -1.68. The number of benzene rings is 1. The van der Waals surface area contributed by atoms with Crippen LogP contribution >= 0.6 is 11.3 Å². The molecule has 1 amide bonds. The van der Waals surface area contributed by atoms with Gasteiger partial charge in [0.15, 0.2) is 0 Å². The molecule has 150 valence electrons. The Morgan fingerprint density at radius 3 is 2.32 bits per heavy atom. The van der Waals surface area contributed by atoms with Crippen molar-refractivity contribution in [3.63, 3.8) is 0 Å². The zero-order chi connectivity index (χ0) is 19.7. The van der Waals surface area contributed by atoms with Crippen LogP contribution in [0.3, 0.4) is 0 Å². The van der Waals surface area contributed by atoms with Crippen molar-refractivity contribution in [3.8, 4) is 0 Å². The lowest BCUT2D eigenvalue weighted by atomic mass is 10.0. The maximum Gasteiger partial charge on any atom is 0.253 e. The van der Waals surface area contributed by atoms with Crippen LogP contribution in [0.2, 0.25) is 0 Å². The highest BCUT2D eigenvalue weighted by molar-refractivity contribution is 7.89. The second-order valence-electron chi connectivity index (χ2n) is 7.83. The fourth-order valence-electron chi connectivity index (χ4n) is 3.86. The summed E-state index contributed by atoms with van der Waals surface area (Å²) < 4.78 is 27.6. The van der Waals surface area contributed by atoms with Gasteiger partial charge in [-0.2, -0.15) is 0 Å². The largest absolute Gasteiger partial charge is 0.338 e. The molecule has 1 aromatic heterocycles. The van der Waals surface area contributed by atoms with Crippen LogP contribution in [-0.2, 0) is 16.4 Å². The molecular formula is C21H26N2O3S2. The smallest absolute Gasteiger partial charge is 0.253 e. The van der Waals surface area contributed by atoms with Gasteiger partial charge in [0, 0.05) is 30.1 Å². The number of sulfonamides is 1. The average Bonchev–Trinajstić information content (AvgIpc) is 3.63. The van der Waals surface area contributed by atoms with Crippen LogP contribution in [0.4, 0.5) is 0 Å². The molecule has 2 aliphatic carbocycles. The Kier molecular flexibility index (Phi) is 5.58. The molecule has 0 aliphatic heterocycles. The first-order valence-corrected chi connectivity index (χ1v) is 12.2. The predicted octanol–water partition coefficient (Wildman–Crippen LogP) is 3.53. The highest BCUT2D eigenvalue weighted by atomic mass is 32.2. The molecule has 1 heterocycles. The lowest BCUT2D eigenvalue weighted by Gasteiger charge is -2.28. The molecule has 0 spiro atoms. The number of carbonyl (C=O) groups is 1. The van der Waals surface area contributed by atoms with Crippen LogP contribution in [0.25, 0.3) is 0 Å². The van der Waals surface area contributed by atoms with Crippen molar-refractivity contribution in [1.29, 1.82) is 0 Å². The number of nitrogens with zero attached hydrogens (tertiary/aromatic N) is 1. The highest BCUT2D eigenvalue weighted by Gasteiger charge is 2.45. The van der Waals surface area contributed by atoms with Crippen molar-refractivity contribution < 1.29 is 13.2 Å². The summed E-state index contributed by atoms with van der Waals surface area (Å²) in [5, 5.41) is 1.98. The van der Waals surface area contributed by atoms with E-state index in [1.165, 1.54) is 37.8 Å². The zero-order valence-electron chi connectivity index (χ0n) is 16.0. The van der Waals surface area contributed by atoms with Crippen molar-refractivity contribution in [2.24, 2.45) is 11.8 Å². The van der Waals surface area contributed by atoms with E-state index in [4.69, 9.17) is 0 Å². The van der Waals surface area contributed by atoms with Crippen molar-refractivity contribution in [1.82, 2.24) is 9.62 Å². The van der Waals surface area contributed by atoms with Crippen LogP contribution in [0.15, 0.2) is 46.7 Å². The Bertz CT molecular complexity index is 903. The van der Waals surface area contributed by atoms with Crippen LogP contribution in [0.5, 0.6) is 0 Å². The molecule has 28 heavy (non-hydrogen) atoms. The van der Waals surface area contributed by atoms with Crippen LogP contribution in [0.1, 0.15) is 40.9 Å². The summed E-state index contributed by atoms with van der Waals surface area (Å²) in [6, 6.07) is 10.6. The summed E-state index contributed by atoms with van der Waals surface area (Å²) in [6.45, 7) is 0.358. The number of rotatable bonds is 9. The first-order chi connectivity index (χ1) is 13.5. The molecular weight excluding hydrogens is 392 g/mol. The number of nitrogens with one attached hydrogen (secondary N) is 1. The average molecular weight is 419 g/mol. The van der Waals surface area contributed by atoms with Gasteiger partial charge < -0.3 is 4.90 Å². The molecule has 0 saturated heterocycles. The van der Waals surface area contributed by atoms with Crippen LogP contribution in [0, 0.1) is 11.8 Å². The Balaban J connectivity index is 1.38. The van der Waals surface area contributed by atoms with Gasteiger partial charge in [0.1, 0.15) is 0 Å². The molecule has 2 saturated carbocycles. The lowest BCUT2D eigenvalue weighted by Crippen LogP contribution is -2.40. The fraction of sp³-hybridized carbons (Fsp3) is 0.476. The van der Waals surface area contributed by atoms with Crippen molar-refractivity contribution in [2.75, 3.05) is 13.6 Å². The lowest BCUT2D eigenvalue weighted by molar-refractivity contribution is 0.0690. The predicted molar refractivity (Wildman–Crippen MR) is 111 cm³/mol. The van der Waals surface area contributed by atoms with Crippen molar-refractivity contribution in [3.05, 3.63) is 52.2 Å². The second kappa shape index (κ2) is 7.97. The van der Waals surface area contributed by atoms with Crippen molar-refractivity contribution in [2.45, 2.75) is 43.0 Å². The van der Waals surface area contributed by atoms with E-state index < -0.39 is 10.0 Å². The Hall–Kier alpha value is -1.70. The van der Waals surface area contributed by atoms with E-state index in [2.05, 4.69) is 4.72 Å². The Labute approximate surface area is 170 Å². The molecule has 1 N–H and O–H groups in total. The first-order valence-electron chi connectivity index (χ1n) is 9.85. The number of hydrogen-bond acceptors (Lipinski definition) is 4. The number of carbonyl (C=O) groups excluding carboxylic acids is 1. The topological polar surface area (TPSA) is 66.5 Å². The van der Waals surface area contributed by atoms with Gasteiger partial charge in [0.05, 0.1) is 4.90 Å². The first kappa shape index (κ1) is 19.6. The summed E-state index contributed by atoms with van der Waals surface area (Å²) in [6.07, 6.45) is 5.53. The normalized spacial score (nSPS) is 17.1. The van der Waals surface area contributed by atoms with Gasteiger partial charge in [-0.1, -0.05) is 6.07 Å². The quantitative estimate of drug-likeness (QED) is 0.677. The van der Waals surface area contributed by atoms with Gasteiger partial charge in [-0.15, -0.1) is 11.3 Å². The maximum absolute atomic E-state index is 12.9. The van der Waals surface area contributed by atoms with E-state index in [0.29, 0.717) is 36.4 Å². The van der Waals surface area contributed by atoms with Gasteiger partial charge >= 0.3 is 0 Å². The number of amides is 1. The van der Waals surface area contributed by atoms with E-state index in [1.807, 2.05) is 29.5 Å². The molecule has 0 bridgehead atoms. The van der Waals surface area contributed by atoms with Gasteiger partial charge in [-0.3, -0.25) is 4.79 Å². The molecule has 0 atom stereocenters. The minimum atomic E-state index is -3.57. The maximum atomic E-state index is 12.9. The van der Waals surface area contributed by atoms with E-state index in [0.717, 1.165) is 4.88 Å². The third-order valence-corrected chi connectivity index (χ3v) is 8.05. The zero-order valence-corrected chi connectivity index (χ0v) is 17.6. The third kappa shape index (κ3) is 4.47. The molecule has 1 aromatic carbocycles. The van der Waals surface area contributed by atoms with Gasteiger partial charge in [0.25, 0.3) is 5.91 Å². The standard InChI is InChI=1S/C21H26N2O3S2/c1-23(20(15-4-5-15)16-6-7-16)21(24)17-8-10-19(11-9-17)28(25,26)22-13-12-18-3-2-14-27-18/h2-3,8-11,14-16,20,22H,4-7,12-13H2,1H3. The third-order valence-electron chi connectivity index (χ3n) is 5.63. The van der Waals surface area contributed by atoms with Crippen LogP contribution < -0.4 is 4.72 Å². The van der Waals surface area contributed by atoms with Crippen molar-refractivity contribution >= 4 is 27.3 Å². The molecule has 2 fully saturated rings. The Morgan fingerprint density at radius 2 is 1.79 bits per heavy atom. The number of hydrogen-bond donors (Lipinski definition) is 1. The van der Waals surface area contributed by atoms with Gasteiger partial charge in [-0.05, 0) is 79.7 Å². The molecule has 0 radical (unpaired) electrons. The molecule has 2 aromatic rings. The van der Waals surface area contributed by atoms with Gasteiger partial charge in [0.2, 0.25) is 10.0 Å². The van der Waals surface area contributed by atoms with E-state index >= 15 is 0 Å². The summed E-state index contributed by atoms with van der Waals surface area (Å²) in [4.78, 5) is 16.1. The minimum absolute atomic E-state index is 0.0154. The van der Waals surface area contributed by atoms with Gasteiger partial charge in [-0.25, -0.2) is 13.1 Å². The molecule has 7 heteroatoms. The SMILES string of the molecule is CN(C(=O)c1ccc(S(=O)(=O)NCCc2cccs2)cc1)C(C1CC1)C1CC1. The summed E-state index contributed by atoms with van der Waals surface area (Å²) in [5.41, 5.74) is 0.548. The molecule has 4 rings (SSSR count). The molecule has 2 aliphatic rings. The Morgan fingerprint density at radius 1 is 1.14 bits per heavy atom. The monoisotopic (exact) mass is 418 g/mol. The second-order valence-corrected chi connectivity index (χ2v) is 10.6. The fourth-order valence-corrected chi connectivity index (χ4v) is 5.60. The van der Waals surface area contributed by atoms with E-state index in [1.54, 1.807) is 23.5 Å².